The van der Waals surface area contributed by atoms with E-state index in [1.54, 1.807) is 0 Å². The van der Waals surface area contributed by atoms with Crippen molar-refractivity contribution in [2.75, 3.05) is 26.2 Å². The summed E-state index contributed by atoms with van der Waals surface area (Å²) in [4.78, 5) is 4.03. The molecule has 0 spiro atoms. The van der Waals surface area contributed by atoms with E-state index in [-0.39, 0.29) is 0 Å². The minimum absolute atomic E-state index is 1.01. The topological polar surface area (TPSA) is 15.3 Å². The fourth-order valence-electron chi connectivity index (χ4n) is 2.76. The number of fused-ring (bicyclic) bond motifs is 1. The van der Waals surface area contributed by atoms with Crippen LogP contribution in [-0.2, 0) is 6.54 Å². The van der Waals surface area contributed by atoms with Crippen LogP contribution in [0.3, 0.4) is 0 Å². The lowest BCUT2D eigenvalue weighted by atomic mass is 10.1. The summed E-state index contributed by atoms with van der Waals surface area (Å²) in [6.45, 7) is 5.90. The maximum atomic E-state index is 3.58. The van der Waals surface area contributed by atoms with Crippen molar-refractivity contribution >= 4 is 21.4 Å². The van der Waals surface area contributed by atoms with Gasteiger partial charge in [-0.1, -0.05) is 24.6 Å². The Labute approximate surface area is 119 Å². The molecule has 1 N–H and O–H groups in total. The van der Waals surface area contributed by atoms with Crippen LogP contribution in [-0.4, -0.2) is 31.1 Å². The van der Waals surface area contributed by atoms with Gasteiger partial charge in [0.25, 0.3) is 0 Å². The standard InChI is InChI=1S/C16H22N2S/c1-4-9-18(10-5-1)11-8-17-13-15-12-14-6-2-3-7-16(14)19-15/h2-3,6-7,12,17H,1,4-5,8-11,13H2. The van der Waals surface area contributed by atoms with Gasteiger partial charge in [-0.25, -0.2) is 0 Å². The van der Waals surface area contributed by atoms with Gasteiger partial charge < -0.3 is 10.2 Å². The number of hydrogen-bond donors (Lipinski definition) is 1. The first-order valence-corrected chi connectivity index (χ1v) is 8.14. The highest BCUT2D eigenvalue weighted by Crippen LogP contribution is 2.24. The average Bonchev–Trinajstić information content (AvgIpc) is 2.87. The molecule has 3 rings (SSSR count). The van der Waals surface area contributed by atoms with Gasteiger partial charge in [0.2, 0.25) is 0 Å². The summed E-state index contributed by atoms with van der Waals surface area (Å²) in [6, 6.07) is 10.9. The van der Waals surface area contributed by atoms with Crippen LogP contribution in [0.4, 0.5) is 0 Å². The van der Waals surface area contributed by atoms with Gasteiger partial charge >= 0.3 is 0 Å². The quantitative estimate of drug-likeness (QED) is 0.840. The molecular formula is C16H22N2S. The largest absolute Gasteiger partial charge is 0.311 e. The van der Waals surface area contributed by atoms with Gasteiger partial charge in [0, 0.05) is 29.2 Å². The van der Waals surface area contributed by atoms with Crippen LogP contribution in [0.15, 0.2) is 30.3 Å². The van der Waals surface area contributed by atoms with Gasteiger partial charge in [-0.15, -0.1) is 11.3 Å². The van der Waals surface area contributed by atoms with E-state index in [1.807, 2.05) is 11.3 Å². The summed E-state index contributed by atoms with van der Waals surface area (Å²) in [5.74, 6) is 0. The zero-order valence-corrected chi connectivity index (χ0v) is 12.2. The van der Waals surface area contributed by atoms with E-state index in [1.165, 1.54) is 53.9 Å². The first-order chi connectivity index (χ1) is 9.42. The maximum absolute atomic E-state index is 3.58. The predicted molar refractivity (Wildman–Crippen MR) is 83.8 cm³/mol. The van der Waals surface area contributed by atoms with Crippen molar-refractivity contribution in [3.63, 3.8) is 0 Å². The molecule has 19 heavy (non-hydrogen) atoms. The highest BCUT2D eigenvalue weighted by molar-refractivity contribution is 7.19. The van der Waals surface area contributed by atoms with E-state index in [0.717, 1.165) is 13.1 Å². The Bertz CT molecular complexity index is 481. The van der Waals surface area contributed by atoms with E-state index in [9.17, 15) is 0 Å². The maximum Gasteiger partial charge on any atom is 0.0346 e. The highest BCUT2D eigenvalue weighted by atomic mass is 32.1. The fourth-order valence-corrected chi connectivity index (χ4v) is 3.79. The summed E-state index contributed by atoms with van der Waals surface area (Å²) in [5, 5.41) is 4.95. The number of piperidine rings is 1. The lowest BCUT2D eigenvalue weighted by molar-refractivity contribution is 0.229. The average molecular weight is 274 g/mol. The van der Waals surface area contributed by atoms with E-state index < -0.39 is 0 Å². The number of hydrogen-bond acceptors (Lipinski definition) is 3. The van der Waals surface area contributed by atoms with Gasteiger partial charge in [0.15, 0.2) is 0 Å². The molecule has 0 aliphatic carbocycles. The fraction of sp³-hybridized carbons (Fsp3) is 0.500. The second-order valence-corrected chi connectivity index (χ2v) is 6.50. The SMILES string of the molecule is c1ccc2sc(CNCCN3CCCCC3)cc2c1. The molecule has 1 aliphatic rings. The molecule has 2 heterocycles. The van der Waals surface area contributed by atoms with Crippen LogP contribution in [0, 0.1) is 0 Å². The van der Waals surface area contributed by atoms with Crippen LogP contribution < -0.4 is 5.32 Å². The Morgan fingerprint density at radius 1 is 1.11 bits per heavy atom. The number of benzene rings is 1. The summed E-state index contributed by atoms with van der Waals surface area (Å²) in [7, 11) is 0. The summed E-state index contributed by atoms with van der Waals surface area (Å²) in [6.07, 6.45) is 4.19. The zero-order chi connectivity index (χ0) is 12.9. The molecule has 3 heteroatoms. The summed E-state index contributed by atoms with van der Waals surface area (Å²) in [5.41, 5.74) is 0. The van der Waals surface area contributed by atoms with Gasteiger partial charge in [-0.05, 0) is 43.5 Å². The second kappa shape index (κ2) is 6.51. The van der Waals surface area contributed by atoms with E-state index in [2.05, 4.69) is 40.5 Å². The van der Waals surface area contributed by atoms with E-state index in [4.69, 9.17) is 0 Å². The molecule has 0 atom stereocenters. The Morgan fingerprint density at radius 3 is 2.79 bits per heavy atom. The van der Waals surface area contributed by atoms with Crippen molar-refractivity contribution in [2.24, 2.45) is 0 Å². The minimum atomic E-state index is 1.01. The monoisotopic (exact) mass is 274 g/mol. The second-order valence-electron chi connectivity index (χ2n) is 5.33. The molecule has 0 saturated carbocycles. The lowest BCUT2D eigenvalue weighted by Gasteiger charge is -2.26. The highest BCUT2D eigenvalue weighted by Gasteiger charge is 2.08. The van der Waals surface area contributed by atoms with E-state index in [0.29, 0.717) is 0 Å². The van der Waals surface area contributed by atoms with Crippen LogP contribution in [0.25, 0.3) is 10.1 Å². The molecule has 1 aromatic heterocycles. The van der Waals surface area contributed by atoms with Crippen molar-refractivity contribution in [1.29, 1.82) is 0 Å². The molecule has 1 saturated heterocycles. The van der Waals surface area contributed by atoms with Crippen LogP contribution >= 0.6 is 11.3 Å². The van der Waals surface area contributed by atoms with Crippen LogP contribution in [0.2, 0.25) is 0 Å². The molecule has 1 fully saturated rings. The molecular weight excluding hydrogens is 252 g/mol. The van der Waals surface area contributed by atoms with Crippen LogP contribution in [0.5, 0.6) is 0 Å². The first kappa shape index (κ1) is 13.1. The Hall–Kier alpha value is -0.900. The zero-order valence-electron chi connectivity index (χ0n) is 11.4. The van der Waals surface area contributed by atoms with Gasteiger partial charge in [-0.3, -0.25) is 0 Å². The minimum Gasteiger partial charge on any atom is -0.311 e. The molecule has 0 amide bonds. The van der Waals surface area contributed by atoms with Crippen molar-refractivity contribution in [1.82, 2.24) is 10.2 Å². The van der Waals surface area contributed by atoms with Gasteiger partial charge in [0.1, 0.15) is 0 Å². The third-order valence-electron chi connectivity index (χ3n) is 3.83. The molecule has 1 aliphatic heterocycles. The number of nitrogens with zero attached hydrogens (tertiary/aromatic N) is 1. The molecule has 102 valence electrons. The van der Waals surface area contributed by atoms with Crippen LogP contribution in [0.1, 0.15) is 24.1 Å². The predicted octanol–water partition coefficient (Wildman–Crippen LogP) is 3.48. The lowest BCUT2D eigenvalue weighted by Crippen LogP contribution is -2.35. The number of likely N-dealkylation sites (tertiary alicyclic amines) is 1. The Balaban J connectivity index is 1.44. The normalized spacial score (nSPS) is 17.1. The molecule has 1 aromatic carbocycles. The smallest absolute Gasteiger partial charge is 0.0346 e. The molecule has 2 aromatic rings. The molecule has 0 bridgehead atoms. The summed E-state index contributed by atoms with van der Waals surface area (Å²) >= 11 is 1.91. The Morgan fingerprint density at radius 2 is 1.95 bits per heavy atom. The van der Waals surface area contributed by atoms with Crippen molar-refractivity contribution < 1.29 is 0 Å². The number of rotatable bonds is 5. The Kier molecular flexibility index (Phi) is 4.49. The third kappa shape index (κ3) is 3.56. The molecule has 0 unspecified atom stereocenters. The molecule has 0 radical (unpaired) electrons. The van der Waals surface area contributed by atoms with Gasteiger partial charge in [-0.2, -0.15) is 0 Å². The number of thiophene rings is 1. The van der Waals surface area contributed by atoms with E-state index >= 15 is 0 Å². The molecule has 2 nitrogen and oxygen atoms in total. The summed E-state index contributed by atoms with van der Waals surface area (Å²) < 4.78 is 1.40. The van der Waals surface area contributed by atoms with Crippen molar-refractivity contribution in [3.05, 3.63) is 35.2 Å². The first-order valence-electron chi connectivity index (χ1n) is 7.32. The third-order valence-corrected chi connectivity index (χ3v) is 4.95. The van der Waals surface area contributed by atoms with Gasteiger partial charge in [0.05, 0.1) is 0 Å². The number of nitrogens with one attached hydrogen (secondary N) is 1. The van der Waals surface area contributed by atoms with Crippen molar-refractivity contribution in [2.45, 2.75) is 25.8 Å². The van der Waals surface area contributed by atoms with Crippen molar-refractivity contribution in [3.8, 4) is 0 Å².